The molecule has 0 bridgehead atoms. The van der Waals surface area contributed by atoms with Crippen molar-refractivity contribution in [3.63, 3.8) is 0 Å². The summed E-state index contributed by atoms with van der Waals surface area (Å²) >= 11 is 0. The van der Waals surface area contributed by atoms with Crippen LogP contribution in [0.5, 0.6) is 0 Å². The number of aromatic nitrogens is 3. The van der Waals surface area contributed by atoms with E-state index < -0.39 is 6.04 Å². The maximum absolute atomic E-state index is 13.2. The highest BCUT2D eigenvalue weighted by atomic mass is 16.2. The summed E-state index contributed by atoms with van der Waals surface area (Å²) in [6, 6.07) is 10.7. The van der Waals surface area contributed by atoms with E-state index in [1.165, 1.54) is 6.20 Å². The second-order valence-electron chi connectivity index (χ2n) is 7.40. The van der Waals surface area contributed by atoms with Gasteiger partial charge < -0.3 is 10.6 Å². The van der Waals surface area contributed by atoms with Crippen molar-refractivity contribution >= 4 is 17.5 Å². The fourth-order valence-electron chi connectivity index (χ4n) is 3.66. The number of nitrogens with two attached hydrogens (primary N) is 1. The van der Waals surface area contributed by atoms with Crippen LogP contribution in [0.1, 0.15) is 44.8 Å². The van der Waals surface area contributed by atoms with Gasteiger partial charge in [0.1, 0.15) is 5.82 Å². The third-order valence-corrected chi connectivity index (χ3v) is 5.33. The molecule has 1 atom stereocenters. The number of ketones is 1. The third-order valence-electron chi connectivity index (χ3n) is 5.33. The Morgan fingerprint density at radius 2 is 1.83 bits per heavy atom. The van der Waals surface area contributed by atoms with Gasteiger partial charge in [-0.25, -0.2) is 4.68 Å². The molecule has 148 valence electrons. The smallest absolute Gasteiger partial charge is 0.256 e. The lowest BCUT2D eigenvalue weighted by Crippen LogP contribution is -2.40. The van der Waals surface area contributed by atoms with Crippen molar-refractivity contribution in [1.82, 2.24) is 19.7 Å². The molecule has 0 aliphatic carbocycles. The van der Waals surface area contributed by atoms with Crippen LogP contribution < -0.4 is 5.73 Å². The summed E-state index contributed by atoms with van der Waals surface area (Å²) in [6.45, 7) is 4.40. The summed E-state index contributed by atoms with van der Waals surface area (Å²) in [4.78, 5) is 32.0. The summed E-state index contributed by atoms with van der Waals surface area (Å²) in [7, 11) is 0. The monoisotopic (exact) mass is 389 g/mol. The SMILES string of the molecule is Cc1ccc(-n2ncc(C(=O)C3CCCN3C(=O)c3ccc(C)nc3)c2N)cc1. The number of anilines is 1. The summed E-state index contributed by atoms with van der Waals surface area (Å²) < 4.78 is 1.55. The zero-order valence-corrected chi connectivity index (χ0v) is 16.5. The highest BCUT2D eigenvalue weighted by molar-refractivity contribution is 6.07. The van der Waals surface area contributed by atoms with Crippen LogP contribution in [0.3, 0.4) is 0 Å². The van der Waals surface area contributed by atoms with Crippen molar-refractivity contribution in [1.29, 1.82) is 0 Å². The van der Waals surface area contributed by atoms with E-state index >= 15 is 0 Å². The van der Waals surface area contributed by atoms with Crippen molar-refractivity contribution in [3.05, 3.63) is 71.2 Å². The molecule has 1 aliphatic heterocycles. The number of benzene rings is 1. The molecule has 0 radical (unpaired) electrons. The summed E-state index contributed by atoms with van der Waals surface area (Å²) in [5, 5.41) is 4.30. The van der Waals surface area contributed by atoms with Crippen molar-refractivity contribution in [2.24, 2.45) is 0 Å². The largest absolute Gasteiger partial charge is 0.383 e. The van der Waals surface area contributed by atoms with E-state index in [-0.39, 0.29) is 17.5 Å². The lowest BCUT2D eigenvalue weighted by molar-refractivity contribution is 0.0671. The van der Waals surface area contributed by atoms with Crippen LogP contribution in [-0.2, 0) is 0 Å². The quantitative estimate of drug-likeness (QED) is 0.693. The molecule has 7 heteroatoms. The number of aryl methyl sites for hydroxylation is 2. The maximum Gasteiger partial charge on any atom is 0.256 e. The van der Waals surface area contributed by atoms with Crippen LogP contribution in [0.4, 0.5) is 5.82 Å². The molecule has 7 nitrogen and oxygen atoms in total. The van der Waals surface area contributed by atoms with Gasteiger partial charge in [0.2, 0.25) is 0 Å². The third kappa shape index (κ3) is 3.51. The molecular formula is C22H23N5O2. The zero-order valence-electron chi connectivity index (χ0n) is 16.5. The predicted octanol–water partition coefficient (Wildman–Crippen LogP) is 2.95. The van der Waals surface area contributed by atoms with E-state index in [4.69, 9.17) is 5.73 Å². The van der Waals surface area contributed by atoms with Gasteiger partial charge in [0.15, 0.2) is 5.78 Å². The van der Waals surface area contributed by atoms with Gasteiger partial charge in [0.05, 0.1) is 29.1 Å². The van der Waals surface area contributed by atoms with E-state index in [1.807, 2.05) is 38.1 Å². The van der Waals surface area contributed by atoms with Crippen molar-refractivity contribution in [3.8, 4) is 5.69 Å². The number of nitrogen functional groups attached to an aromatic ring is 1. The number of amides is 1. The molecule has 0 saturated carbocycles. The van der Waals surface area contributed by atoms with Crippen LogP contribution in [-0.4, -0.2) is 43.9 Å². The second kappa shape index (κ2) is 7.50. The van der Waals surface area contributed by atoms with Crippen molar-refractivity contribution < 1.29 is 9.59 Å². The van der Waals surface area contributed by atoms with Crippen LogP contribution in [0.25, 0.3) is 5.69 Å². The topological polar surface area (TPSA) is 94.1 Å². The Hall–Kier alpha value is -3.48. The van der Waals surface area contributed by atoms with Gasteiger partial charge in [-0.05, 0) is 51.0 Å². The molecule has 1 aromatic carbocycles. The number of hydrogen-bond acceptors (Lipinski definition) is 5. The molecule has 4 rings (SSSR count). The molecule has 2 N–H and O–H groups in total. The number of nitrogens with zero attached hydrogens (tertiary/aromatic N) is 4. The van der Waals surface area contributed by atoms with Gasteiger partial charge in [0, 0.05) is 18.4 Å². The average molecular weight is 389 g/mol. The molecular weight excluding hydrogens is 366 g/mol. The Labute approximate surface area is 169 Å². The molecule has 29 heavy (non-hydrogen) atoms. The van der Waals surface area contributed by atoms with Gasteiger partial charge >= 0.3 is 0 Å². The van der Waals surface area contributed by atoms with Gasteiger partial charge in [-0.15, -0.1) is 0 Å². The molecule has 3 heterocycles. The minimum Gasteiger partial charge on any atom is -0.383 e. The number of carbonyl (C=O) groups is 2. The zero-order chi connectivity index (χ0) is 20.5. The number of Topliss-reactive ketones (excluding diaryl/α,β-unsaturated/α-hetero) is 1. The molecule has 1 saturated heterocycles. The number of rotatable bonds is 4. The van der Waals surface area contributed by atoms with E-state index in [0.717, 1.165) is 23.4 Å². The summed E-state index contributed by atoms with van der Waals surface area (Å²) in [5.41, 5.74) is 9.84. The molecule has 2 aromatic heterocycles. The first-order valence-electron chi connectivity index (χ1n) is 9.64. The maximum atomic E-state index is 13.2. The number of likely N-dealkylation sites (tertiary alicyclic amines) is 1. The fraction of sp³-hybridized carbons (Fsp3) is 0.273. The van der Waals surface area contributed by atoms with E-state index in [9.17, 15) is 9.59 Å². The van der Waals surface area contributed by atoms with Gasteiger partial charge in [-0.3, -0.25) is 14.6 Å². The standard InChI is InChI=1S/C22H23N5O2/c1-14-5-9-17(10-6-14)27-21(23)18(13-25-27)20(28)19-4-3-11-26(19)22(29)16-8-7-15(2)24-12-16/h5-10,12-13,19H,3-4,11,23H2,1-2H3. The van der Waals surface area contributed by atoms with E-state index in [0.29, 0.717) is 24.1 Å². The van der Waals surface area contributed by atoms with Gasteiger partial charge in [-0.2, -0.15) is 5.10 Å². The van der Waals surface area contributed by atoms with Gasteiger partial charge in [0.25, 0.3) is 5.91 Å². The Morgan fingerprint density at radius 3 is 2.52 bits per heavy atom. The first kappa shape index (κ1) is 18.9. The minimum absolute atomic E-state index is 0.174. The highest BCUT2D eigenvalue weighted by Gasteiger charge is 2.36. The second-order valence-corrected chi connectivity index (χ2v) is 7.40. The Balaban J connectivity index is 1.59. The van der Waals surface area contributed by atoms with Crippen LogP contribution >= 0.6 is 0 Å². The fourth-order valence-corrected chi connectivity index (χ4v) is 3.66. The molecule has 1 fully saturated rings. The number of hydrogen-bond donors (Lipinski definition) is 1. The first-order valence-corrected chi connectivity index (χ1v) is 9.64. The van der Waals surface area contributed by atoms with E-state index in [2.05, 4.69) is 10.1 Å². The molecule has 0 spiro atoms. The summed E-state index contributed by atoms with van der Waals surface area (Å²) in [6.07, 6.45) is 4.43. The van der Waals surface area contributed by atoms with Crippen molar-refractivity contribution in [2.75, 3.05) is 12.3 Å². The Morgan fingerprint density at radius 1 is 1.07 bits per heavy atom. The lowest BCUT2D eigenvalue weighted by atomic mass is 10.0. The summed E-state index contributed by atoms with van der Waals surface area (Å²) in [5.74, 6) is -0.0696. The average Bonchev–Trinajstić information content (AvgIpc) is 3.35. The Kier molecular flexibility index (Phi) is 4.88. The van der Waals surface area contributed by atoms with Gasteiger partial charge in [-0.1, -0.05) is 17.7 Å². The minimum atomic E-state index is -0.540. The lowest BCUT2D eigenvalue weighted by Gasteiger charge is -2.23. The number of carbonyl (C=O) groups excluding carboxylic acids is 2. The molecule has 3 aromatic rings. The molecule has 1 unspecified atom stereocenters. The normalized spacial score (nSPS) is 16.2. The molecule has 1 amide bonds. The van der Waals surface area contributed by atoms with E-state index in [1.54, 1.807) is 27.9 Å². The molecule has 1 aliphatic rings. The van der Waals surface area contributed by atoms with Crippen LogP contribution in [0.15, 0.2) is 48.8 Å². The van der Waals surface area contributed by atoms with Crippen LogP contribution in [0.2, 0.25) is 0 Å². The number of pyridine rings is 1. The highest BCUT2D eigenvalue weighted by Crippen LogP contribution is 2.26. The predicted molar refractivity (Wildman–Crippen MR) is 110 cm³/mol. The van der Waals surface area contributed by atoms with Crippen LogP contribution in [0, 0.1) is 13.8 Å². The Bertz CT molecular complexity index is 1050. The van der Waals surface area contributed by atoms with Crippen molar-refractivity contribution in [2.45, 2.75) is 32.7 Å². The first-order chi connectivity index (χ1) is 14.0.